The standard InChI is InChI=1S/C25H26ClNO7/c1-3-32-23(30)25(24(31)33-4-2)14-17(12-21(29)34-15-16-8-6-5-7-9-16)22(27-25)19-13-18(26)10-11-20(19)28/h5-13,22,27-28H,3-4,14-15H2,1-2H3/b17-12+. The van der Waals surface area contributed by atoms with E-state index in [1.165, 1.54) is 24.3 Å². The van der Waals surface area contributed by atoms with Crippen LogP contribution in [0.3, 0.4) is 0 Å². The maximum Gasteiger partial charge on any atom is 0.338 e. The molecule has 1 aliphatic rings. The second kappa shape index (κ2) is 11.2. The number of carbonyl (C=O) groups is 3. The first-order valence-corrected chi connectivity index (χ1v) is 11.2. The Bertz CT molecular complexity index is 1070. The van der Waals surface area contributed by atoms with Gasteiger partial charge in [0, 0.05) is 23.1 Å². The number of phenolic OH excluding ortho intramolecular Hbond substituents is 1. The molecule has 9 heteroatoms. The molecule has 0 amide bonds. The molecular formula is C25H26ClNO7. The second-order valence-corrected chi connectivity index (χ2v) is 8.05. The van der Waals surface area contributed by atoms with Crippen molar-refractivity contribution in [1.82, 2.24) is 5.32 Å². The van der Waals surface area contributed by atoms with Gasteiger partial charge in [0.15, 0.2) is 0 Å². The van der Waals surface area contributed by atoms with E-state index in [4.69, 9.17) is 25.8 Å². The number of hydrogen-bond acceptors (Lipinski definition) is 8. The van der Waals surface area contributed by atoms with Crippen molar-refractivity contribution in [2.45, 2.75) is 38.5 Å². The lowest BCUT2D eigenvalue weighted by atomic mass is 9.93. The van der Waals surface area contributed by atoms with Gasteiger partial charge < -0.3 is 19.3 Å². The minimum Gasteiger partial charge on any atom is -0.508 e. The van der Waals surface area contributed by atoms with Crippen LogP contribution in [0.4, 0.5) is 0 Å². The van der Waals surface area contributed by atoms with Crippen molar-refractivity contribution in [3.05, 3.63) is 76.3 Å². The van der Waals surface area contributed by atoms with Gasteiger partial charge >= 0.3 is 17.9 Å². The third kappa shape index (κ3) is 5.58. The van der Waals surface area contributed by atoms with E-state index in [2.05, 4.69) is 5.32 Å². The SMILES string of the molecule is CCOC(=O)C1(C(=O)OCC)C/C(=C\C(=O)OCc2ccccc2)C(c2cc(Cl)ccc2O)N1. The molecule has 0 bridgehead atoms. The van der Waals surface area contributed by atoms with E-state index in [0.717, 1.165) is 5.56 Å². The number of hydrogen-bond donors (Lipinski definition) is 2. The van der Waals surface area contributed by atoms with Gasteiger partial charge in [0.25, 0.3) is 0 Å². The molecule has 2 aromatic rings. The Morgan fingerprint density at radius 2 is 1.71 bits per heavy atom. The van der Waals surface area contributed by atoms with Crippen molar-refractivity contribution >= 4 is 29.5 Å². The van der Waals surface area contributed by atoms with Gasteiger partial charge in [-0.3, -0.25) is 5.32 Å². The lowest BCUT2D eigenvalue weighted by Crippen LogP contribution is -2.56. The van der Waals surface area contributed by atoms with Crippen LogP contribution in [0.15, 0.2) is 60.2 Å². The molecule has 1 fully saturated rings. The number of aromatic hydroxyl groups is 1. The average molecular weight is 488 g/mol. The molecular weight excluding hydrogens is 462 g/mol. The van der Waals surface area contributed by atoms with Gasteiger partial charge in [-0.1, -0.05) is 41.9 Å². The Morgan fingerprint density at radius 3 is 2.32 bits per heavy atom. The minimum atomic E-state index is -1.91. The van der Waals surface area contributed by atoms with Gasteiger partial charge in [0.05, 0.1) is 19.3 Å². The number of benzene rings is 2. The van der Waals surface area contributed by atoms with Crippen LogP contribution in [0.5, 0.6) is 5.75 Å². The molecule has 34 heavy (non-hydrogen) atoms. The normalized spacial score (nSPS) is 17.9. The number of ether oxygens (including phenoxy) is 3. The summed E-state index contributed by atoms with van der Waals surface area (Å²) in [6, 6.07) is 12.6. The third-order valence-corrected chi connectivity index (χ3v) is 5.54. The summed E-state index contributed by atoms with van der Waals surface area (Å²) in [6.45, 7) is 3.35. The molecule has 0 radical (unpaired) electrons. The number of esters is 3. The van der Waals surface area contributed by atoms with Crippen LogP contribution in [0.1, 0.15) is 37.4 Å². The van der Waals surface area contributed by atoms with E-state index in [-0.39, 0.29) is 37.6 Å². The number of phenols is 1. The van der Waals surface area contributed by atoms with Gasteiger partial charge in [-0.2, -0.15) is 0 Å². The first-order chi connectivity index (χ1) is 16.3. The maximum absolute atomic E-state index is 12.9. The third-order valence-electron chi connectivity index (χ3n) is 5.31. The van der Waals surface area contributed by atoms with Crippen molar-refractivity contribution in [3.8, 4) is 5.75 Å². The molecule has 1 aliphatic heterocycles. The summed E-state index contributed by atoms with van der Waals surface area (Å²) in [5, 5.41) is 13.7. The number of halogens is 1. The molecule has 0 aliphatic carbocycles. The fourth-order valence-corrected chi connectivity index (χ4v) is 3.92. The van der Waals surface area contributed by atoms with Crippen molar-refractivity contribution in [3.63, 3.8) is 0 Å². The zero-order valence-corrected chi connectivity index (χ0v) is 19.6. The summed E-state index contributed by atoms with van der Waals surface area (Å²) >= 11 is 6.13. The minimum absolute atomic E-state index is 0.0346. The van der Waals surface area contributed by atoms with Crippen LogP contribution in [0, 0.1) is 0 Å². The number of nitrogens with one attached hydrogen (secondary N) is 1. The van der Waals surface area contributed by atoms with Gasteiger partial charge in [-0.15, -0.1) is 0 Å². The summed E-state index contributed by atoms with van der Waals surface area (Å²) < 4.78 is 15.7. The van der Waals surface area contributed by atoms with Gasteiger partial charge in [0.2, 0.25) is 5.54 Å². The molecule has 0 aromatic heterocycles. The maximum atomic E-state index is 12.9. The van der Waals surface area contributed by atoms with E-state index in [1.807, 2.05) is 30.3 Å². The lowest BCUT2D eigenvalue weighted by molar-refractivity contribution is -0.165. The molecule has 2 N–H and O–H groups in total. The Kier molecular flexibility index (Phi) is 8.31. The lowest BCUT2D eigenvalue weighted by Gasteiger charge is -2.25. The molecule has 2 aromatic carbocycles. The number of rotatable bonds is 8. The highest BCUT2D eigenvalue weighted by molar-refractivity contribution is 6.30. The van der Waals surface area contributed by atoms with Crippen molar-refractivity contribution in [2.75, 3.05) is 13.2 Å². The van der Waals surface area contributed by atoms with E-state index in [1.54, 1.807) is 13.8 Å². The van der Waals surface area contributed by atoms with E-state index in [0.29, 0.717) is 10.6 Å². The monoisotopic (exact) mass is 487 g/mol. The van der Waals surface area contributed by atoms with E-state index < -0.39 is 29.5 Å². The van der Waals surface area contributed by atoms with Crippen LogP contribution in [-0.4, -0.2) is 41.8 Å². The predicted molar refractivity (Wildman–Crippen MR) is 124 cm³/mol. The highest BCUT2D eigenvalue weighted by atomic mass is 35.5. The zero-order valence-electron chi connectivity index (χ0n) is 18.9. The van der Waals surface area contributed by atoms with Gasteiger partial charge in [0.1, 0.15) is 12.4 Å². The predicted octanol–water partition coefficient (Wildman–Crippen LogP) is 3.61. The van der Waals surface area contributed by atoms with E-state index >= 15 is 0 Å². The smallest absolute Gasteiger partial charge is 0.338 e. The largest absolute Gasteiger partial charge is 0.508 e. The summed E-state index contributed by atoms with van der Waals surface area (Å²) in [4.78, 5) is 38.5. The second-order valence-electron chi connectivity index (χ2n) is 7.62. The van der Waals surface area contributed by atoms with Crippen LogP contribution < -0.4 is 5.32 Å². The first kappa shape index (κ1) is 25.3. The number of carbonyl (C=O) groups excluding carboxylic acids is 3. The summed E-state index contributed by atoms with van der Waals surface area (Å²) in [5.74, 6) is -2.49. The van der Waals surface area contributed by atoms with Crippen molar-refractivity contribution < 1.29 is 33.7 Å². The summed E-state index contributed by atoms with van der Waals surface area (Å²) in [5.41, 5.74) is -0.492. The van der Waals surface area contributed by atoms with Crippen molar-refractivity contribution in [1.29, 1.82) is 0 Å². The Hall–Kier alpha value is -3.36. The highest BCUT2D eigenvalue weighted by Gasteiger charge is 2.56. The van der Waals surface area contributed by atoms with Crippen LogP contribution in [0.2, 0.25) is 5.02 Å². The van der Waals surface area contributed by atoms with Crippen LogP contribution >= 0.6 is 11.6 Å². The zero-order chi connectivity index (χ0) is 24.7. The fourth-order valence-electron chi connectivity index (χ4n) is 3.74. The topological polar surface area (TPSA) is 111 Å². The molecule has 180 valence electrons. The fraction of sp³-hybridized carbons (Fsp3) is 0.320. The quantitative estimate of drug-likeness (QED) is 0.251. The first-order valence-electron chi connectivity index (χ1n) is 10.8. The highest BCUT2D eigenvalue weighted by Crippen LogP contribution is 2.42. The molecule has 1 heterocycles. The summed E-state index contributed by atoms with van der Waals surface area (Å²) in [6.07, 6.45) is 0.989. The molecule has 3 rings (SSSR count). The molecule has 0 saturated carbocycles. The molecule has 1 saturated heterocycles. The van der Waals surface area contributed by atoms with Gasteiger partial charge in [-0.25, -0.2) is 14.4 Å². The van der Waals surface area contributed by atoms with Gasteiger partial charge in [-0.05, 0) is 43.2 Å². The molecule has 0 spiro atoms. The molecule has 1 atom stereocenters. The van der Waals surface area contributed by atoms with E-state index in [9.17, 15) is 19.5 Å². The molecule has 1 unspecified atom stereocenters. The Morgan fingerprint density at radius 1 is 1.06 bits per heavy atom. The van der Waals surface area contributed by atoms with Crippen molar-refractivity contribution in [2.24, 2.45) is 0 Å². The Labute approximate surface area is 202 Å². The Balaban J connectivity index is 1.99. The van der Waals surface area contributed by atoms with Crippen LogP contribution in [0.25, 0.3) is 0 Å². The van der Waals surface area contributed by atoms with Crippen LogP contribution in [-0.2, 0) is 35.2 Å². The summed E-state index contributed by atoms with van der Waals surface area (Å²) in [7, 11) is 0. The average Bonchev–Trinajstić information content (AvgIpc) is 3.20. The molecule has 8 nitrogen and oxygen atoms in total.